The number of nitrogens with one attached hydrogen (secondary N) is 1. The number of nitrogens with zero attached hydrogens (tertiary/aromatic N) is 3. The number of nitrogens with two attached hydrogens (primary N) is 1. The zero-order valence-electron chi connectivity index (χ0n) is 23.1. The molecule has 0 radical (unpaired) electrons. The maximum Gasteiger partial charge on any atom is 0.253 e. The topological polar surface area (TPSA) is 83.7 Å². The Balaban J connectivity index is 1.34. The molecular formula is C31H41N5O2. The molecule has 2 heterocycles. The lowest BCUT2D eigenvalue weighted by Gasteiger charge is -2.42. The normalized spacial score (nSPS) is 15.2. The van der Waals surface area contributed by atoms with E-state index in [4.69, 9.17) is 10.5 Å². The standard InChI is InChI=1S/C31H41N5O2/c1-22-12-16-33-20-25(22)21-36(26-8-10-28(38-4)11-9-26)27-14-18-35(19-15-27)24(3)13-17-34-31(37)30-23(2)6-5-7-29(30)32/h5-12,16,20,24,27H,13-15,17-19,21,32H2,1-4H3,(H,34,37). The Hall–Kier alpha value is -3.58. The molecule has 3 N–H and O–H groups in total. The monoisotopic (exact) mass is 515 g/mol. The number of methoxy groups -OCH3 is 1. The molecule has 0 spiro atoms. The first-order valence-electron chi connectivity index (χ1n) is 13.5. The number of carbonyl (C=O) groups excluding carboxylic acids is 1. The molecule has 1 unspecified atom stereocenters. The van der Waals surface area contributed by atoms with E-state index in [0.29, 0.717) is 29.9 Å². The van der Waals surface area contributed by atoms with E-state index in [-0.39, 0.29) is 5.91 Å². The Labute approximate surface area is 227 Å². The second kappa shape index (κ2) is 12.8. The summed E-state index contributed by atoms with van der Waals surface area (Å²) in [6, 6.07) is 16.9. The van der Waals surface area contributed by atoms with E-state index in [9.17, 15) is 4.79 Å². The molecule has 2 aromatic carbocycles. The fourth-order valence-electron chi connectivity index (χ4n) is 5.36. The second-order valence-corrected chi connectivity index (χ2v) is 10.3. The molecule has 1 aromatic heterocycles. The van der Waals surface area contributed by atoms with E-state index >= 15 is 0 Å². The van der Waals surface area contributed by atoms with Crippen molar-refractivity contribution in [1.82, 2.24) is 15.2 Å². The molecule has 4 rings (SSSR count). The summed E-state index contributed by atoms with van der Waals surface area (Å²) in [4.78, 5) is 22.1. The van der Waals surface area contributed by atoms with Crippen LogP contribution in [0.5, 0.6) is 5.75 Å². The number of pyridine rings is 1. The molecule has 202 valence electrons. The van der Waals surface area contributed by atoms with Gasteiger partial charge in [0.05, 0.1) is 12.7 Å². The van der Waals surface area contributed by atoms with Gasteiger partial charge in [0.1, 0.15) is 5.75 Å². The molecule has 3 aromatic rings. The van der Waals surface area contributed by atoms with Gasteiger partial charge in [-0.25, -0.2) is 0 Å². The minimum absolute atomic E-state index is 0.0904. The number of nitrogen functional groups attached to an aromatic ring is 1. The summed E-state index contributed by atoms with van der Waals surface area (Å²) in [5.41, 5.74) is 11.8. The average Bonchev–Trinajstić information content (AvgIpc) is 2.93. The van der Waals surface area contributed by atoms with Crippen LogP contribution in [0.2, 0.25) is 0 Å². The predicted molar refractivity (Wildman–Crippen MR) is 155 cm³/mol. The Morgan fingerprint density at radius 2 is 1.87 bits per heavy atom. The van der Waals surface area contributed by atoms with Crippen LogP contribution in [0, 0.1) is 13.8 Å². The molecule has 0 saturated carbocycles. The van der Waals surface area contributed by atoms with E-state index in [0.717, 1.165) is 50.2 Å². The fraction of sp³-hybridized carbons (Fsp3) is 0.419. The van der Waals surface area contributed by atoms with Crippen molar-refractivity contribution in [3.05, 3.63) is 83.2 Å². The van der Waals surface area contributed by atoms with Gasteiger partial charge in [-0.15, -0.1) is 0 Å². The lowest BCUT2D eigenvalue weighted by Crippen LogP contribution is -2.48. The van der Waals surface area contributed by atoms with Crippen molar-refractivity contribution in [2.24, 2.45) is 0 Å². The van der Waals surface area contributed by atoms with Gasteiger partial charge < -0.3 is 25.6 Å². The van der Waals surface area contributed by atoms with Gasteiger partial charge in [0, 0.05) is 62.0 Å². The van der Waals surface area contributed by atoms with Crippen LogP contribution in [0.15, 0.2) is 60.9 Å². The highest BCUT2D eigenvalue weighted by atomic mass is 16.5. The molecule has 38 heavy (non-hydrogen) atoms. The quantitative estimate of drug-likeness (QED) is 0.371. The summed E-state index contributed by atoms with van der Waals surface area (Å²) in [7, 11) is 1.70. The average molecular weight is 516 g/mol. The largest absolute Gasteiger partial charge is 0.497 e. The highest BCUT2D eigenvalue weighted by Gasteiger charge is 2.27. The van der Waals surface area contributed by atoms with E-state index < -0.39 is 0 Å². The molecule has 1 aliphatic rings. The fourth-order valence-corrected chi connectivity index (χ4v) is 5.36. The van der Waals surface area contributed by atoms with E-state index in [1.165, 1.54) is 16.8 Å². The van der Waals surface area contributed by atoms with E-state index in [1.807, 2.05) is 43.6 Å². The number of likely N-dealkylation sites (tertiary alicyclic amines) is 1. The van der Waals surface area contributed by atoms with Crippen molar-refractivity contribution in [2.45, 2.75) is 58.7 Å². The first-order valence-corrected chi connectivity index (χ1v) is 13.5. The second-order valence-electron chi connectivity index (χ2n) is 10.3. The Bertz CT molecular complexity index is 1180. The third kappa shape index (κ3) is 6.64. The van der Waals surface area contributed by atoms with Crippen LogP contribution >= 0.6 is 0 Å². The first kappa shape index (κ1) is 27.5. The molecule has 1 saturated heterocycles. The summed E-state index contributed by atoms with van der Waals surface area (Å²) < 4.78 is 5.39. The Morgan fingerprint density at radius 3 is 2.53 bits per heavy atom. The number of hydrogen-bond donors (Lipinski definition) is 2. The molecule has 1 amide bonds. The number of aryl methyl sites for hydroxylation is 2. The van der Waals surface area contributed by atoms with Crippen molar-refractivity contribution in [3.8, 4) is 5.75 Å². The smallest absolute Gasteiger partial charge is 0.253 e. The number of aromatic nitrogens is 1. The number of ether oxygens (including phenoxy) is 1. The summed E-state index contributed by atoms with van der Waals surface area (Å²) >= 11 is 0. The maximum atomic E-state index is 12.7. The maximum absolute atomic E-state index is 12.7. The van der Waals surface area contributed by atoms with Gasteiger partial charge >= 0.3 is 0 Å². The van der Waals surface area contributed by atoms with Crippen molar-refractivity contribution in [1.29, 1.82) is 0 Å². The first-order chi connectivity index (χ1) is 18.4. The Morgan fingerprint density at radius 1 is 1.13 bits per heavy atom. The highest BCUT2D eigenvalue weighted by molar-refractivity contribution is 6.00. The van der Waals surface area contributed by atoms with Gasteiger partial charge in [-0.3, -0.25) is 9.78 Å². The predicted octanol–water partition coefficient (Wildman–Crippen LogP) is 4.97. The van der Waals surface area contributed by atoms with Crippen LogP contribution in [0.3, 0.4) is 0 Å². The number of carbonyl (C=O) groups is 1. The van der Waals surface area contributed by atoms with Crippen LogP contribution in [-0.4, -0.2) is 54.6 Å². The SMILES string of the molecule is COc1ccc(N(Cc2cnccc2C)C2CCN(C(C)CCNC(=O)c3c(C)cccc3N)CC2)cc1. The molecule has 7 heteroatoms. The summed E-state index contributed by atoms with van der Waals surface area (Å²) in [6.45, 7) is 9.86. The zero-order valence-corrected chi connectivity index (χ0v) is 23.1. The Kier molecular flexibility index (Phi) is 9.24. The summed E-state index contributed by atoms with van der Waals surface area (Å²) in [5.74, 6) is 0.777. The number of benzene rings is 2. The molecular weight excluding hydrogens is 474 g/mol. The number of amides is 1. The molecule has 0 bridgehead atoms. The summed E-state index contributed by atoms with van der Waals surface area (Å²) in [6.07, 6.45) is 6.92. The van der Waals surface area contributed by atoms with Crippen molar-refractivity contribution in [3.63, 3.8) is 0 Å². The van der Waals surface area contributed by atoms with Crippen molar-refractivity contribution in [2.75, 3.05) is 37.4 Å². The lowest BCUT2D eigenvalue weighted by molar-refractivity contribution is 0.0945. The number of rotatable bonds is 10. The van der Waals surface area contributed by atoms with Crippen molar-refractivity contribution < 1.29 is 9.53 Å². The zero-order chi connectivity index (χ0) is 27.1. The van der Waals surface area contributed by atoms with Gasteiger partial charge in [-0.1, -0.05) is 12.1 Å². The van der Waals surface area contributed by atoms with Crippen LogP contribution < -0.4 is 20.7 Å². The number of anilines is 2. The molecule has 1 atom stereocenters. The van der Waals surface area contributed by atoms with Crippen LogP contribution in [0.4, 0.5) is 11.4 Å². The third-order valence-electron chi connectivity index (χ3n) is 7.84. The minimum Gasteiger partial charge on any atom is -0.497 e. The molecule has 1 aliphatic heterocycles. The highest BCUT2D eigenvalue weighted by Crippen LogP contribution is 2.29. The summed E-state index contributed by atoms with van der Waals surface area (Å²) in [5, 5.41) is 3.07. The molecule has 0 aliphatic carbocycles. The van der Waals surface area contributed by atoms with Crippen LogP contribution in [0.25, 0.3) is 0 Å². The van der Waals surface area contributed by atoms with Crippen molar-refractivity contribution >= 4 is 17.3 Å². The van der Waals surface area contributed by atoms with Crippen LogP contribution in [-0.2, 0) is 6.54 Å². The lowest BCUT2D eigenvalue weighted by atomic mass is 9.99. The van der Waals surface area contributed by atoms with E-state index in [1.54, 1.807) is 13.2 Å². The van der Waals surface area contributed by atoms with Gasteiger partial charge in [0.15, 0.2) is 0 Å². The van der Waals surface area contributed by atoms with Crippen LogP contribution in [0.1, 0.15) is 53.2 Å². The number of hydrogen-bond acceptors (Lipinski definition) is 6. The van der Waals surface area contributed by atoms with Gasteiger partial charge in [0.2, 0.25) is 0 Å². The third-order valence-corrected chi connectivity index (χ3v) is 7.84. The van der Waals surface area contributed by atoms with Gasteiger partial charge in [-0.2, -0.15) is 0 Å². The van der Waals surface area contributed by atoms with Gasteiger partial charge in [-0.05, 0) is 93.1 Å². The van der Waals surface area contributed by atoms with Gasteiger partial charge in [0.25, 0.3) is 5.91 Å². The molecule has 1 fully saturated rings. The molecule has 7 nitrogen and oxygen atoms in total. The number of piperidine rings is 1. The minimum atomic E-state index is -0.0904. The van der Waals surface area contributed by atoms with E-state index in [2.05, 4.69) is 52.1 Å².